The number of nitrogens with zero attached hydrogens (tertiary/aromatic N) is 1. The minimum absolute atomic E-state index is 0.103. The Bertz CT molecular complexity index is 333. The van der Waals surface area contributed by atoms with Gasteiger partial charge in [-0.05, 0) is 0 Å². The van der Waals surface area contributed by atoms with Crippen LogP contribution < -0.4 is 10.1 Å². The van der Waals surface area contributed by atoms with Gasteiger partial charge >= 0.3 is 6.18 Å². The molecule has 1 aromatic heterocycles. The molecule has 1 rings (SSSR count). The van der Waals surface area contributed by atoms with E-state index in [1.165, 1.54) is 18.5 Å². The molecular formula is C9H10ClF3N2O. The second kappa shape index (κ2) is 5.91. The summed E-state index contributed by atoms with van der Waals surface area (Å²) in [4.78, 5) is 3.77. The summed E-state index contributed by atoms with van der Waals surface area (Å²) in [6.45, 7) is -0.797. The molecule has 0 spiro atoms. The maximum absolute atomic E-state index is 11.7. The zero-order valence-electron chi connectivity index (χ0n) is 8.22. The number of hydrogen-bond donors (Lipinski definition) is 1. The van der Waals surface area contributed by atoms with E-state index in [4.69, 9.17) is 16.3 Å². The summed E-state index contributed by atoms with van der Waals surface area (Å²) in [6, 6.07) is 1.54. The molecule has 16 heavy (non-hydrogen) atoms. The van der Waals surface area contributed by atoms with Crippen molar-refractivity contribution in [3.63, 3.8) is 0 Å². The van der Waals surface area contributed by atoms with Gasteiger partial charge in [0.05, 0.1) is 17.8 Å². The van der Waals surface area contributed by atoms with Crippen LogP contribution in [-0.4, -0.2) is 30.9 Å². The molecular weight excluding hydrogens is 245 g/mol. The fourth-order valence-corrected chi connectivity index (χ4v) is 1.11. The van der Waals surface area contributed by atoms with Gasteiger partial charge < -0.3 is 10.1 Å². The van der Waals surface area contributed by atoms with Crippen molar-refractivity contribution in [2.24, 2.45) is 0 Å². The van der Waals surface area contributed by atoms with Crippen LogP contribution in [0.25, 0.3) is 0 Å². The second-order valence-electron chi connectivity index (χ2n) is 2.98. The molecule has 0 bridgehead atoms. The monoisotopic (exact) mass is 254 g/mol. The first-order valence-corrected chi connectivity index (χ1v) is 4.86. The number of aromatic nitrogens is 1. The second-order valence-corrected chi connectivity index (χ2v) is 3.42. The Balaban J connectivity index is 2.17. The van der Waals surface area contributed by atoms with Gasteiger partial charge in [-0.3, -0.25) is 4.98 Å². The number of alkyl halides is 3. The van der Waals surface area contributed by atoms with Gasteiger partial charge in [-0.2, -0.15) is 13.2 Å². The van der Waals surface area contributed by atoms with Crippen LogP contribution in [0.3, 0.4) is 0 Å². The number of ether oxygens (including phenoxy) is 1. The highest BCUT2D eigenvalue weighted by atomic mass is 35.5. The van der Waals surface area contributed by atoms with E-state index >= 15 is 0 Å². The average Bonchev–Trinajstić information content (AvgIpc) is 2.15. The maximum atomic E-state index is 11.7. The van der Waals surface area contributed by atoms with Crippen molar-refractivity contribution >= 4 is 11.6 Å². The van der Waals surface area contributed by atoms with Crippen molar-refractivity contribution in [3.05, 3.63) is 23.5 Å². The van der Waals surface area contributed by atoms with Crippen molar-refractivity contribution in [1.82, 2.24) is 10.3 Å². The Labute approximate surface area is 95.6 Å². The van der Waals surface area contributed by atoms with E-state index in [2.05, 4.69) is 10.3 Å². The molecule has 0 saturated heterocycles. The molecule has 7 heteroatoms. The zero-order chi connectivity index (χ0) is 12.0. The maximum Gasteiger partial charge on any atom is 0.401 e. The zero-order valence-corrected chi connectivity index (χ0v) is 8.98. The molecule has 1 heterocycles. The van der Waals surface area contributed by atoms with Gasteiger partial charge in [-0.1, -0.05) is 11.6 Å². The Morgan fingerprint density at radius 2 is 2.12 bits per heavy atom. The fourth-order valence-electron chi connectivity index (χ4n) is 0.942. The van der Waals surface area contributed by atoms with E-state index in [1.54, 1.807) is 0 Å². The lowest BCUT2D eigenvalue weighted by Crippen LogP contribution is -2.31. The molecule has 90 valence electrons. The molecule has 0 unspecified atom stereocenters. The van der Waals surface area contributed by atoms with E-state index < -0.39 is 12.7 Å². The van der Waals surface area contributed by atoms with Gasteiger partial charge in [-0.15, -0.1) is 0 Å². The molecule has 0 aliphatic carbocycles. The highest BCUT2D eigenvalue weighted by molar-refractivity contribution is 6.30. The quantitative estimate of drug-likeness (QED) is 0.819. The van der Waals surface area contributed by atoms with Gasteiger partial charge in [0, 0.05) is 18.8 Å². The van der Waals surface area contributed by atoms with Crippen molar-refractivity contribution in [2.75, 3.05) is 19.7 Å². The van der Waals surface area contributed by atoms with Crippen LogP contribution in [-0.2, 0) is 0 Å². The minimum Gasteiger partial charge on any atom is -0.491 e. The molecule has 0 saturated carbocycles. The summed E-state index contributed by atoms with van der Waals surface area (Å²) in [5.74, 6) is 0.432. The number of hydrogen-bond acceptors (Lipinski definition) is 3. The van der Waals surface area contributed by atoms with Crippen LogP contribution in [0.4, 0.5) is 13.2 Å². The first-order chi connectivity index (χ1) is 7.47. The van der Waals surface area contributed by atoms with E-state index in [-0.39, 0.29) is 13.2 Å². The highest BCUT2D eigenvalue weighted by Crippen LogP contribution is 2.15. The lowest BCUT2D eigenvalue weighted by Gasteiger charge is -2.09. The van der Waals surface area contributed by atoms with Crippen LogP contribution >= 0.6 is 11.6 Å². The van der Waals surface area contributed by atoms with E-state index in [1.807, 2.05) is 0 Å². The normalized spacial score (nSPS) is 11.5. The summed E-state index contributed by atoms with van der Waals surface area (Å²) in [5, 5.41) is 2.62. The topological polar surface area (TPSA) is 34.1 Å². The average molecular weight is 255 g/mol. The lowest BCUT2D eigenvalue weighted by molar-refractivity contribution is -0.124. The van der Waals surface area contributed by atoms with Crippen LogP contribution in [0.5, 0.6) is 5.75 Å². The van der Waals surface area contributed by atoms with Crippen molar-refractivity contribution < 1.29 is 17.9 Å². The molecule has 1 N–H and O–H groups in total. The van der Waals surface area contributed by atoms with E-state index in [0.29, 0.717) is 10.8 Å². The smallest absolute Gasteiger partial charge is 0.401 e. The Hall–Kier alpha value is -1.01. The third-order valence-electron chi connectivity index (χ3n) is 1.55. The number of rotatable bonds is 5. The lowest BCUT2D eigenvalue weighted by atomic mass is 10.4. The predicted octanol–water partition coefficient (Wildman–Crippen LogP) is 2.27. The fraction of sp³-hybridized carbons (Fsp3) is 0.444. The summed E-state index contributed by atoms with van der Waals surface area (Å²) >= 11 is 5.64. The van der Waals surface area contributed by atoms with Crippen LogP contribution in [0.2, 0.25) is 5.02 Å². The van der Waals surface area contributed by atoms with E-state index in [0.717, 1.165) is 0 Å². The molecule has 0 fully saturated rings. The Morgan fingerprint density at radius 1 is 1.38 bits per heavy atom. The van der Waals surface area contributed by atoms with Gasteiger partial charge in [0.25, 0.3) is 0 Å². The molecule has 1 aromatic rings. The SMILES string of the molecule is FC(F)(F)CNCCOc1cncc(Cl)c1. The van der Waals surface area contributed by atoms with Crippen LogP contribution in [0.1, 0.15) is 0 Å². The summed E-state index contributed by atoms with van der Waals surface area (Å²) in [5.41, 5.74) is 0. The van der Waals surface area contributed by atoms with Gasteiger partial charge in [0.15, 0.2) is 0 Å². The Morgan fingerprint density at radius 3 is 2.75 bits per heavy atom. The molecule has 0 aliphatic heterocycles. The highest BCUT2D eigenvalue weighted by Gasteiger charge is 2.25. The molecule has 0 aliphatic rings. The molecule has 0 aromatic carbocycles. The summed E-state index contributed by atoms with van der Waals surface area (Å²) in [6.07, 6.45) is -1.32. The van der Waals surface area contributed by atoms with E-state index in [9.17, 15) is 13.2 Å². The third kappa shape index (κ3) is 5.77. The molecule has 0 atom stereocenters. The van der Waals surface area contributed by atoms with Gasteiger partial charge in [-0.25, -0.2) is 0 Å². The molecule has 0 radical (unpaired) electrons. The van der Waals surface area contributed by atoms with Gasteiger partial charge in [0.1, 0.15) is 12.4 Å². The molecule has 3 nitrogen and oxygen atoms in total. The Kier molecular flexibility index (Phi) is 4.82. The number of pyridine rings is 1. The van der Waals surface area contributed by atoms with Crippen molar-refractivity contribution in [2.45, 2.75) is 6.18 Å². The third-order valence-corrected chi connectivity index (χ3v) is 1.76. The largest absolute Gasteiger partial charge is 0.491 e. The number of halogens is 4. The summed E-state index contributed by atoms with van der Waals surface area (Å²) < 4.78 is 40.3. The van der Waals surface area contributed by atoms with Crippen molar-refractivity contribution in [3.8, 4) is 5.75 Å². The standard InChI is InChI=1S/C9H10ClF3N2O/c10-7-3-8(5-15-4-7)16-2-1-14-6-9(11,12)13/h3-5,14H,1-2,6H2. The predicted molar refractivity (Wildman–Crippen MR) is 53.7 cm³/mol. The summed E-state index contributed by atoms with van der Waals surface area (Å²) in [7, 11) is 0. The first kappa shape index (κ1) is 13.1. The number of nitrogens with one attached hydrogen (secondary N) is 1. The minimum atomic E-state index is -4.20. The van der Waals surface area contributed by atoms with Crippen LogP contribution in [0, 0.1) is 0 Å². The van der Waals surface area contributed by atoms with Crippen molar-refractivity contribution in [1.29, 1.82) is 0 Å². The van der Waals surface area contributed by atoms with Gasteiger partial charge in [0.2, 0.25) is 0 Å². The van der Waals surface area contributed by atoms with Crippen LogP contribution in [0.15, 0.2) is 18.5 Å². The molecule has 0 amide bonds. The first-order valence-electron chi connectivity index (χ1n) is 4.48.